The second-order valence-electron chi connectivity index (χ2n) is 5.83. The fourth-order valence-corrected chi connectivity index (χ4v) is 2.89. The first-order valence-electron chi connectivity index (χ1n) is 5.81. The van der Waals surface area contributed by atoms with Crippen molar-refractivity contribution in [3.8, 4) is 0 Å². The zero-order chi connectivity index (χ0) is 12.0. The predicted molar refractivity (Wildman–Crippen MR) is 62.7 cm³/mol. The second kappa shape index (κ2) is 3.56. The van der Waals surface area contributed by atoms with Gasteiger partial charge in [0.25, 0.3) is 0 Å². The van der Waals surface area contributed by atoms with Crippen LogP contribution >= 0.6 is 0 Å². The van der Waals surface area contributed by atoms with E-state index in [4.69, 9.17) is 0 Å². The van der Waals surface area contributed by atoms with Gasteiger partial charge < -0.3 is 5.11 Å². The van der Waals surface area contributed by atoms with Crippen LogP contribution in [0.25, 0.3) is 0 Å². The van der Waals surface area contributed by atoms with E-state index in [0.717, 1.165) is 30.4 Å². The van der Waals surface area contributed by atoms with Gasteiger partial charge in [0.1, 0.15) is 5.82 Å². The Labute approximate surface area is 96.3 Å². The molecule has 2 heteroatoms. The van der Waals surface area contributed by atoms with Crippen LogP contribution in [0.15, 0.2) is 18.2 Å². The highest BCUT2D eigenvalue weighted by Gasteiger charge is 2.43. The Morgan fingerprint density at radius 1 is 1.25 bits per heavy atom. The highest BCUT2D eigenvalue weighted by molar-refractivity contribution is 5.33. The summed E-state index contributed by atoms with van der Waals surface area (Å²) < 4.78 is 13.0. The fraction of sp³-hybridized carbons (Fsp3) is 0.571. The average Bonchev–Trinajstić information content (AvgIpc) is 2.41. The van der Waals surface area contributed by atoms with Crippen molar-refractivity contribution in [1.82, 2.24) is 0 Å². The smallest absolute Gasteiger partial charge is 0.123 e. The SMILES string of the molecule is Cc1cc(F)ccc1C1(O)CCC(C)(C)C1. The molecular formula is C14H19FO. The topological polar surface area (TPSA) is 20.2 Å². The van der Waals surface area contributed by atoms with Crippen molar-refractivity contribution in [3.05, 3.63) is 35.1 Å². The van der Waals surface area contributed by atoms with E-state index in [1.165, 1.54) is 12.1 Å². The molecule has 1 unspecified atom stereocenters. The summed E-state index contributed by atoms with van der Waals surface area (Å²) in [5.74, 6) is -0.234. The zero-order valence-corrected chi connectivity index (χ0v) is 10.2. The molecule has 1 aliphatic carbocycles. The highest BCUT2D eigenvalue weighted by Crippen LogP contribution is 2.49. The number of aliphatic hydroxyl groups is 1. The standard InChI is InChI=1S/C14H19FO/c1-10-8-11(15)4-5-12(10)14(16)7-6-13(2,3)9-14/h4-5,8,16H,6-7,9H2,1-3H3. The highest BCUT2D eigenvalue weighted by atomic mass is 19.1. The molecule has 1 atom stereocenters. The van der Waals surface area contributed by atoms with Gasteiger partial charge in [-0.15, -0.1) is 0 Å². The van der Waals surface area contributed by atoms with Gasteiger partial charge in [-0.25, -0.2) is 4.39 Å². The maximum Gasteiger partial charge on any atom is 0.123 e. The van der Waals surface area contributed by atoms with Crippen LogP contribution in [-0.4, -0.2) is 5.11 Å². The molecule has 1 aromatic rings. The summed E-state index contributed by atoms with van der Waals surface area (Å²) in [5.41, 5.74) is 1.15. The first kappa shape index (κ1) is 11.6. The van der Waals surface area contributed by atoms with Crippen LogP contribution in [0.2, 0.25) is 0 Å². The molecule has 88 valence electrons. The molecule has 2 rings (SSSR count). The van der Waals surface area contributed by atoms with E-state index in [9.17, 15) is 9.50 Å². The third-order valence-electron chi connectivity index (χ3n) is 3.68. The van der Waals surface area contributed by atoms with E-state index >= 15 is 0 Å². The minimum absolute atomic E-state index is 0.176. The molecule has 1 aromatic carbocycles. The van der Waals surface area contributed by atoms with Crippen molar-refractivity contribution in [2.75, 3.05) is 0 Å². The first-order valence-corrected chi connectivity index (χ1v) is 5.81. The fourth-order valence-electron chi connectivity index (χ4n) is 2.89. The van der Waals surface area contributed by atoms with Crippen molar-refractivity contribution in [3.63, 3.8) is 0 Å². The molecule has 0 aromatic heterocycles. The van der Waals surface area contributed by atoms with E-state index in [1.54, 1.807) is 6.07 Å². The van der Waals surface area contributed by atoms with Crippen LogP contribution in [0.3, 0.4) is 0 Å². The van der Waals surface area contributed by atoms with E-state index in [0.29, 0.717) is 0 Å². The van der Waals surface area contributed by atoms with Gasteiger partial charge in [-0.2, -0.15) is 0 Å². The van der Waals surface area contributed by atoms with Gasteiger partial charge in [-0.3, -0.25) is 0 Å². The molecular weight excluding hydrogens is 203 g/mol. The molecule has 0 heterocycles. The van der Waals surface area contributed by atoms with Gasteiger partial charge in [0, 0.05) is 0 Å². The molecule has 0 spiro atoms. The molecule has 16 heavy (non-hydrogen) atoms. The molecule has 0 aliphatic heterocycles. The second-order valence-corrected chi connectivity index (χ2v) is 5.83. The molecule has 1 saturated carbocycles. The number of benzene rings is 1. The Kier molecular flexibility index (Phi) is 2.58. The number of hydrogen-bond donors (Lipinski definition) is 1. The third-order valence-corrected chi connectivity index (χ3v) is 3.68. The predicted octanol–water partition coefficient (Wildman–Crippen LogP) is 3.53. The Balaban J connectivity index is 2.38. The van der Waals surface area contributed by atoms with Crippen molar-refractivity contribution in [1.29, 1.82) is 0 Å². The number of aryl methyl sites for hydroxylation is 1. The number of halogens is 1. The Morgan fingerprint density at radius 2 is 1.94 bits per heavy atom. The summed E-state index contributed by atoms with van der Waals surface area (Å²) in [6.07, 6.45) is 2.54. The molecule has 0 saturated heterocycles. The van der Waals surface area contributed by atoms with Gasteiger partial charge in [0.2, 0.25) is 0 Å². The summed E-state index contributed by atoms with van der Waals surface area (Å²) in [4.78, 5) is 0. The van der Waals surface area contributed by atoms with Gasteiger partial charge in [0.05, 0.1) is 5.60 Å². The summed E-state index contributed by atoms with van der Waals surface area (Å²) >= 11 is 0. The van der Waals surface area contributed by atoms with Crippen molar-refractivity contribution in [2.45, 2.75) is 45.6 Å². The van der Waals surface area contributed by atoms with Crippen LogP contribution in [0.4, 0.5) is 4.39 Å². The van der Waals surface area contributed by atoms with Crippen LogP contribution in [-0.2, 0) is 5.60 Å². The number of hydrogen-bond acceptors (Lipinski definition) is 1. The average molecular weight is 222 g/mol. The molecule has 0 amide bonds. The minimum atomic E-state index is -0.763. The van der Waals surface area contributed by atoms with E-state index < -0.39 is 5.60 Å². The normalized spacial score (nSPS) is 28.3. The third kappa shape index (κ3) is 1.99. The van der Waals surface area contributed by atoms with Gasteiger partial charge in [-0.05, 0) is 54.9 Å². The molecule has 0 bridgehead atoms. The first-order chi connectivity index (χ1) is 7.32. The lowest BCUT2D eigenvalue weighted by Crippen LogP contribution is -2.24. The molecule has 1 N–H and O–H groups in total. The van der Waals surface area contributed by atoms with Crippen LogP contribution in [0, 0.1) is 18.2 Å². The quantitative estimate of drug-likeness (QED) is 0.770. The summed E-state index contributed by atoms with van der Waals surface area (Å²) in [7, 11) is 0. The Morgan fingerprint density at radius 3 is 2.44 bits per heavy atom. The van der Waals surface area contributed by atoms with Crippen molar-refractivity contribution in [2.24, 2.45) is 5.41 Å². The van der Waals surface area contributed by atoms with E-state index in [1.807, 2.05) is 6.92 Å². The molecule has 1 aliphatic rings. The lowest BCUT2D eigenvalue weighted by Gasteiger charge is -2.27. The number of rotatable bonds is 1. The molecule has 0 radical (unpaired) electrons. The lowest BCUT2D eigenvalue weighted by molar-refractivity contribution is 0.0332. The lowest BCUT2D eigenvalue weighted by atomic mass is 9.84. The summed E-state index contributed by atoms with van der Waals surface area (Å²) in [6, 6.07) is 4.66. The maximum atomic E-state index is 13.0. The zero-order valence-electron chi connectivity index (χ0n) is 10.2. The monoisotopic (exact) mass is 222 g/mol. The van der Waals surface area contributed by atoms with Crippen LogP contribution < -0.4 is 0 Å². The summed E-state index contributed by atoms with van der Waals surface area (Å²) in [5, 5.41) is 10.6. The summed E-state index contributed by atoms with van der Waals surface area (Å²) in [6.45, 7) is 6.20. The van der Waals surface area contributed by atoms with Gasteiger partial charge >= 0.3 is 0 Å². The Bertz CT molecular complexity index is 411. The van der Waals surface area contributed by atoms with Crippen LogP contribution in [0.5, 0.6) is 0 Å². The van der Waals surface area contributed by atoms with Crippen molar-refractivity contribution >= 4 is 0 Å². The molecule has 1 fully saturated rings. The van der Waals surface area contributed by atoms with Gasteiger partial charge in [-0.1, -0.05) is 19.9 Å². The largest absolute Gasteiger partial charge is 0.385 e. The maximum absolute atomic E-state index is 13.0. The van der Waals surface area contributed by atoms with E-state index in [-0.39, 0.29) is 11.2 Å². The minimum Gasteiger partial charge on any atom is -0.385 e. The van der Waals surface area contributed by atoms with Crippen LogP contribution in [0.1, 0.15) is 44.2 Å². The van der Waals surface area contributed by atoms with E-state index in [2.05, 4.69) is 13.8 Å². The van der Waals surface area contributed by atoms with Crippen molar-refractivity contribution < 1.29 is 9.50 Å². The van der Waals surface area contributed by atoms with Gasteiger partial charge in [0.15, 0.2) is 0 Å². The molecule has 1 nitrogen and oxygen atoms in total. The Hall–Kier alpha value is -0.890.